The van der Waals surface area contributed by atoms with Gasteiger partial charge in [-0.25, -0.2) is 13.1 Å². The fourth-order valence-electron chi connectivity index (χ4n) is 1.06. The van der Waals surface area contributed by atoms with Crippen LogP contribution in [0.4, 0.5) is 18.9 Å². The highest BCUT2D eigenvalue weighted by molar-refractivity contribution is 7.89. The number of carbonyl (C=O) groups is 1. The average Bonchev–Trinajstić information content (AvgIpc) is 2.28. The highest BCUT2D eigenvalue weighted by Gasteiger charge is 2.38. The second-order valence-electron chi connectivity index (χ2n) is 3.19. The molecule has 0 aliphatic rings. The monoisotopic (exact) mass is 282 g/mol. The first kappa shape index (κ1) is 14.5. The summed E-state index contributed by atoms with van der Waals surface area (Å²) in [5.74, 6) is -2.17. The number of anilines is 1. The lowest BCUT2D eigenvalue weighted by molar-refractivity contribution is -0.167. The SMILES string of the molecule is CNS(=O)(=O)c1cccc(NC(=O)C(F)(F)F)c1. The van der Waals surface area contributed by atoms with E-state index in [1.807, 2.05) is 4.72 Å². The topological polar surface area (TPSA) is 75.3 Å². The van der Waals surface area contributed by atoms with Crippen LogP contribution in [-0.2, 0) is 14.8 Å². The fourth-order valence-corrected chi connectivity index (χ4v) is 1.84. The molecule has 0 heterocycles. The Balaban J connectivity index is 3.01. The lowest BCUT2D eigenvalue weighted by Gasteiger charge is -2.09. The van der Waals surface area contributed by atoms with Crippen molar-refractivity contribution in [2.75, 3.05) is 12.4 Å². The van der Waals surface area contributed by atoms with Crippen LogP contribution < -0.4 is 10.0 Å². The molecule has 0 aliphatic heterocycles. The molecule has 0 saturated heterocycles. The van der Waals surface area contributed by atoms with Crippen molar-refractivity contribution in [3.63, 3.8) is 0 Å². The van der Waals surface area contributed by atoms with Crippen molar-refractivity contribution in [1.29, 1.82) is 0 Å². The molecule has 0 aromatic heterocycles. The summed E-state index contributed by atoms with van der Waals surface area (Å²) in [5, 5.41) is 1.56. The van der Waals surface area contributed by atoms with E-state index in [9.17, 15) is 26.4 Å². The van der Waals surface area contributed by atoms with Crippen molar-refractivity contribution in [3.8, 4) is 0 Å². The maximum Gasteiger partial charge on any atom is 0.471 e. The summed E-state index contributed by atoms with van der Waals surface area (Å²) in [6.07, 6.45) is -5.03. The van der Waals surface area contributed by atoms with Crippen LogP contribution in [0.2, 0.25) is 0 Å². The van der Waals surface area contributed by atoms with E-state index in [1.54, 1.807) is 5.32 Å². The highest BCUT2D eigenvalue weighted by atomic mass is 32.2. The maximum atomic E-state index is 12.0. The molecule has 0 aliphatic carbocycles. The van der Waals surface area contributed by atoms with E-state index < -0.39 is 22.1 Å². The van der Waals surface area contributed by atoms with Crippen molar-refractivity contribution >= 4 is 21.6 Å². The van der Waals surface area contributed by atoms with Gasteiger partial charge in [0, 0.05) is 5.69 Å². The summed E-state index contributed by atoms with van der Waals surface area (Å²) in [7, 11) is -2.61. The average molecular weight is 282 g/mol. The van der Waals surface area contributed by atoms with Crippen LogP contribution in [0.3, 0.4) is 0 Å². The van der Waals surface area contributed by atoms with Crippen LogP contribution in [0.5, 0.6) is 0 Å². The number of sulfonamides is 1. The third-order valence-corrected chi connectivity index (χ3v) is 3.34. The van der Waals surface area contributed by atoms with E-state index in [4.69, 9.17) is 0 Å². The van der Waals surface area contributed by atoms with Gasteiger partial charge in [-0.1, -0.05) is 6.07 Å². The van der Waals surface area contributed by atoms with Crippen LogP contribution in [0.1, 0.15) is 0 Å². The number of amides is 1. The molecule has 0 spiro atoms. The maximum absolute atomic E-state index is 12.0. The smallest absolute Gasteiger partial charge is 0.318 e. The summed E-state index contributed by atoms with van der Waals surface area (Å²) in [4.78, 5) is 10.4. The van der Waals surface area contributed by atoms with Crippen LogP contribution >= 0.6 is 0 Å². The highest BCUT2D eigenvalue weighted by Crippen LogP contribution is 2.20. The molecule has 5 nitrogen and oxygen atoms in total. The van der Waals surface area contributed by atoms with Crippen molar-refractivity contribution in [2.24, 2.45) is 0 Å². The Morgan fingerprint density at radius 1 is 1.28 bits per heavy atom. The third-order valence-electron chi connectivity index (χ3n) is 1.93. The van der Waals surface area contributed by atoms with Gasteiger partial charge in [0.05, 0.1) is 4.90 Å². The van der Waals surface area contributed by atoms with Crippen molar-refractivity contribution < 1.29 is 26.4 Å². The van der Waals surface area contributed by atoms with Gasteiger partial charge in [0.2, 0.25) is 10.0 Å². The van der Waals surface area contributed by atoms with Crippen molar-refractivity contribution in [1.82, 2.24) is 4.72 Å². The van der Waals surface area contributed by atoms with Gasteiger partial charge in [0.15, 0.2) is 0 Å². The number of rotatable bonds is 3. The Bertz CT molecular complexity index is 554. The first-order valence-electron chi connectivity index (χ1n) is 4.58. The molecule has 0 unspecified atom stereocenters. The molecule has 100 valence electrons. The molecular weight excluding hydrogens is 273 g/mol. The molecule has 1 aromatic carbocycles. The summed E-state index contributed by atoms with van der Waals surface area (Å²) in [6, 6.07) is 4.49. The molecular formula is C9H9F3N2O3S. The summed E-state index contributed by atoms with van der Waals surface area (Å²) in [5.41, 5.74) is -0.256. The lowest BCUT2D eigenvalue weighted by Crippen LogP contribution is -2.30. The first-order chi connectivity index (χ1) is 8.16. The Morgan fingerprint density at radius 2 is 1.89 bits per heavy atom. The molecule has 0 radical (unpaired) electrons. The Labute approximate surface area is 101 Å². The predicted molar refractivity (Wildman–Crippen MR) is 57.4 cm³/mol. The minimum atomic E-state index is -5.03. The summed E-state index contributed by atoms with van der Waals surface area (Å²) in [6.45, 7) is 0. The van der Waals surface area contributed by atoms with Gasteiger partial charge in [0.25, 0.3) is 0 Å². The number of halogens is 3. The Kier molecular flexibility index (Phi) is 3.97. The number of nitrogens with one attached hydrogen (secondary N) is 2. The summed E-state index contributed by atoms with van der Waals surface area (Å²) < 4.78 is 60.8. The zero-order valence-electron chi connectivity index (χ0n) is 9.08. The molecule has 1 aromatic rings. The zero-order valence-corrected chi connectivity index (χ0v) is 9.89. The Morgan fingerprint density at radius 3 is 2.39 bits per heavy atom. The third kappa shape index (κ3) is 3.44. The van der Waals surface area contributed by atoms with Gasteiger partial charge in [-0.3, -0.25) is 4.79 Å². The second-order valence-corrected chi connectivity index (χ2v) is 5.07. The predicted octanol–water partition coefficient (Wildman–Crippen LogP) is 1.10. The standard InChI is InChI=1S/C9H9F3N2O3S/c1-13-18(16,17)7-4-2-3-6(5-7)14-8(15)9(10,11)12/h2-5,13H,1H3,(H,14,15). The van der Waals surface area contributed by atoms with E-state index in [0.717, 1.165) is 19.2 Å². The van der Waals surface area contributed by atoms with E-state index in [-0.39, 0.29) is 10.6 Å². The lowest BCUT2D eigenvalue weighted by atomic mass is 10.3. The minimum Gasteiger partial charge on any atom is -0.318 e. The van der Waals surface area contributed by atoms with Crippen LogP contribution in [0.15, 0.2) is 29.2 Å². The fraction of sp³-hybridized carbons (Fsp3) is 0.222. The molecule has 1 rings (SSSR count). The molecule has 2 N–H and O–H groups in total. The molecule has 9 heteroatoms. The van der Waals surface area contributed by atoms with Gasteiger partial charge in [-0.05, 0) is 25.2 Å². The molecule has 1 amide bonds. The van der Waals surface area contributed by atoms with Gasteiger partial charge >= 0.3 is 12.1 Å². The number of hydrogen-bond donors (Lipinski definition) is 2. The zero-order chi connectivity index (χ0) is 14.0. The van der Waals surface area contributed by atoms with Crippen molar-refractivity contribution in [3.05, 3.63) is 24.3 Å². The van der Waals surface area contributed by atoms with E-state index >= 15 is 0 Å². The molecule has 0 fully saturated rings. The molecule has 0 saturated carbocycles. The van der Waals surface area contributed by atoms with Crippen LogP contribution in [-0.4, -0.2) is 27.5 Å². The van der Waals surface area contributed by atoms with E-state index in [1.165, 1.54) is 12.1 Å². The Hall–Kier alpha value is -1.61. The van der Waals surface area contributed by atoms with Crippen LogP contribution in [0, 0.1) is 0 Å². The molecule has 0 bridgehead atoms. The molecule has 0 atom stereocenters. The first-order valence-corrected chi connectivity index (χ1v) is 6.07. The quantitative estimate of drug-likeness (QED) is 0.871. The van der Waals surface area contributed by atoms with Gasteiger partial charge in [-0.2, -0.15) is 13.2 Å². The van der Waals surface area contributed by atoms with Gasteiger partial charge in [0.1, 0.15) is 0 Å². The largest absolute Gasteiger partial charge is 0.471 e. The van der Waals surface area contributed by atoms with Gasteiger partial charge in [-0.15, -0.1) is 0 Å². The van der Waals surface area contributed by atoms with Crippen molar-refractivity contribution in [2.45, 2.75) is 11.1 Å². The molecule has 18 heavy (non-hydrogen) atoms. The van der Waals surface area contributed by atoms with Crippen LogP contribution in [0.25, 0.3) is 0 Å². The number of carbonyl (C=O) groups excluding carboxylic acids is 1. The number of alkyl halides is 3. The second kappa shape index (κ2) is 4.94. The number of hydrogen-bond acceptors (Lipinski definition) is 3. The van der Waals surface area contributed by atoms with E-state index in [2.05, 4.69) is 0 Å². The minimum absolute atomic E-state index is 0.245. The van der Waals surface area contributed by atoms with E-state index in [0.29, 0.717) is 0 Å². The summed E-state index contributed by atoms with van der Waals surface area (Å²) >= 11 is 0. The normalized spacial score (nSPS) is 12.2. The van der Waals surface area contributed by atoms with Gasteiger partial charge < -0.3 is 5.32 Å². The number of benzene rings is 1.